The second kappa shape index (κ2) is 2.81. The van der Waals surface area contributed by atoms with Crippen molar-refractivity contribution >= 4 is 6.21 Å². The number of hydrogen-bond donors (Lipinski definition) is 0. The molecule has 1 aliphatic rings. The van der Waals surface area contributed by atoms with Crippen LogP contribution in [-0.2, 0) is 0 Å². The number of hydrogen-bond acceptors (Lipinski definition) is 1. The summed E-state index contributed by atoms with van der Waals surface area (Å²) in [5, 5.41) is 0. The zero-order valence-corrected chi connectivity index (χ0v) is 6.09. The van der Waals surface area contributed by atoms with E-state index >= 15 is 0 Å². The summed E-state index contributed by atoms with van der Waals surface area (Å²) < 4.78 is 0. The zero-order chi connectivity index (χ0) is 6.69. The van der Waals surface area contributed by atoms with Crippen molar-refractivity contribution in [3.8, 4) is 0 Å². The Labute approximate surface area is 56.5 Å². The Bertz CT molecular complexity index is 145. The second-order valence-corrected chi connectivity index (χ2v) is 2.50. The topological polar surface area (TPSA) is 12.4 Å². The number of aliphatic imine (C=N–C) groups is 1. The molecule has 0 bridgehead atoms. The van der Waals surface area contributed by atoms with Gasteiger partial charge >= 0.3 is 0 Å². The van der Waals surface area contributed by atoms with Crippen LogP contribution in [0.3, 0.4) is 0 Å². The first-order valence-corrected chi connectivity index (χ1v) is 3.55. The molecule has 0 radical (unpaired) electrons. The predicted octanol–water partition coefficient (Wildman–Crippen LogP) is 2.19. The average molecular weight is 123 g/mol. The standard InChI is InChI=1S/C8H13N/c1-3-8-5-4-7(2)9-6-8/h5-7H,3-4H2,1-2H3. The Morgan fingerprint density at radius 3 is 3.00 bits per heavy atom. The van der Waals surface area contributed by atoms with Gasteiger partial charge in [-0.25, -0.2) is 0 Å². The van der Waals surface area contributed by atoms with Gasteiger partial charge in [-0.2, -0.15) is 0 Å². The lowest BCUT2D eigenvalue weighted by Gasteiger charge is -2.08. The minimum atomic E-state index is 0.514. The summed E-state index contributed by atoms with van der Waals surface area (Å²) in [7, 11) is 0. The van der Waals surface area contributed by atoms with Crippen LogP contribution in [-0.4, -0.2) is 12.3 Å². The van der Waals surface area contributed by atoms with E-state index in [1.54, 1.807) is 0 Å². The molecule has 9 heavy (non-hydrogen) atoms. The van der Waals surface area contributed by atoms with Gasteiger partial charge in [-0.3, -0.25) is 4.99 Å². The smallest absolute Gasteiger partial charge is 0.0506 e. The van der Waals surface area contributed by atoms with Gasteiger partial charge in [0.25, 0.3) is 0 Å². The molecule has 0 spiro atoms. The molecule has 0 N–H and O–H groups in total. The van der Waals surface area contributed by atoms with E-state index in [1.165, 1.54) is 5.57 Å². The van der Waals surface area contributed by atoms with E-state index in [2.05, 4.69) is 24.9 Å². The summed E-state index contributed by atoms with van der Waals surface area (Å²) in [6.45, 7) is 4.30. The van der Waals surface area contributed by atoms with E-state index < -0.39 is 0 Å². The molecule has 0 aromatic heterocycles. The maximum atomic E-state index is 4.29. The maximum Gasteiger partial charge on any atom is 0.0506 e. The third-order valence-corrected chi connectivity index (χ3v) is 1.62. The first kappa shape index (κ1) is 6.53. The molecular weight excluding hydrogens is 110 g/mol. The molecule has 0 fully saturated rings. The molecule has 1 heterocycles. The number of nitrogens with zero attached hydrogens (tertiary/aromatic N) is 1. The average Bonchev–Trinajstić information content (AvgIpc) is 1.90. The van der Waals surface area contributed by atoms with Gasteiger partial charge in [-0.1, -0.05) is 13.0 Å². The molecule has 0 amide bonds. The van der Waals surface area contributed by atoms with Gasteiger partial charge in [-0.15, -0.1) is 0 Å². The highest BCUT2D eigenvalue weighted by molar-refractivity contribution is 5.79. The van der Waals surface area contributed by atoms with Gasteiger partial charge in [-0.05, 0) is 25.3 Å². The minimum absolute atomic E-state index is 0.514. The molecule has 0 aromatic carbocycles. The maximum absolute atomic E-state index is 4.29. The molecule has 0 saturated carbocycles. The molecule has 1 unspecified atom stereocenters. The second-order valence-electron chi connectivity index (χ2n) is 2.50. The van der Waals surface area contributed by atoms with Crippen LogP contribution in [0.1, 0.15) is 26.7 Å². The number of rotatable bonds is 1. The summed E-state index contributed by atoms with van der Waals surface area (Å²) >= 11 is 0. The normalized spacial score (nSPS) is 26.0. The van der Waals surface area contributed by atoms with Crippen LogP contribution < -0.4 is 0 Å². The Kier molecular flexibility index (Phi) is 2.04. The van der Waals surface area contributed by atoms with E-state index in [-0.39, 0.29) is 0 Å². The van der Waals surface area contributed by atoms with Gasteiger partial charge in [0.15, 0.2) is 0 Å². The van der Waals surface area contributed by atoms with Crippen LogP contribution in [0, 0.1) is 0 Å². The van der Waals surface area contributed by atoms with Gasteiger partial charge < -0.3 is 0 Å². The summed E-state index contributed by atoms with van der Waals surface area (Å²) in [5.41, 5.74) is 1.38. The molecule has 1 rings (SSSR count). The van der Waals surface area contributed by atoms with Crippen molar-refractivity contribution in [2.24, 2.45) is 4.99 Å². The van der Waals surface area contributed by atoms with Crippen molar-refractivity contribution < 1.29 is 0 Å². The molecule has 1 nitrogen and oxygen atoms in total. The summed E-state index contributed by atoms with van der Waals surface area (Å²) in [6, 6.07) is 0.514. The van der Waals surface area contributed by atoms with E-state index in [0.717, 1.165) is 12.8 Å². The van der Waals surface area contributed by atoms with Crippen LogP contribution in [0.5, 0.6) is 0 Å². The van der Waals surface area contributed by atoms with E-state index in [0.29, 0.717) is 6.04 Å². The predicted molar refractivity (Wildman–Crippen MR) is 40.9 cm³/mol. The van der Waals surface area contributed by atoms with Crippen LogP contribution in [0.2, 0.25) is 0 Å². The van der Waals surface area contributed by atoms with E-state index in [9.17, 15) is 0 Å². The van der Waals surface area contributed by atoms with Crippen molar-refractivity contribution in [2.75, 3.05) is 0 Å². The van der Waals surface area contributed by atoms with Gasteiger partial charge in [0.2, 0.25) is 0 Å². The summed E-state index contributed by atoms with van der Waals surface area (Å²) in [6.07, 6.45) is 6.52. The highest BCUT2D eigenvalue weighted by Crippen LogP contribution is 2.09. The highest BCUT2D eigenvalue weighted by Gasteiger charge is 2.01. The van der Waals surface area contributed by atoms with Crippen molar-refractivity contribution in [1.29, 1.82) is 0 Å². The number of allylic oxidation sites excluding steroid dienone is 1. The van der Waals surface area contributed by atoms with E-state index in [4.69, 9.17) is 0 Å². The summed E-state index contributed by atoms with van der Waals surface area (Å²) in [4.78, 5) is 4.29. The molecule has 1 heteroatoms. The zero-order valence-electron chi connectivity index (χ0n) is 6.09. The molecule has 0 saturated heterocycles. The molecule has 0 aromatic rings. The van der Waals surface area contributed by atoms with Crippen molar-refractivity contribution in [2.45, 2.75) is 32.7 Å². The van der Waals surface area contributed by atoms with Crippen molar-refractivity contribution in [3.05, 3.63) is 11.6 Å². The molecule has 1 aliphatic heterocycles. The lowest BCUT2D eigenvalue weighted by molar-refractivity contribution is 0.748. The third-order valence-electron chi connectivity index (χ3n) is 1.62. The number of dihydropyridines is 1. The molecule has 50 valence electrons. The fourth-order valence-electron chi connectivity index (χ4n) is 0.894. The third kappa shape index (κ3) is 1.67. The lowest BCUT2D eigenvalue weighted by atomic mass is 10.1. The SMILES string of the molecule is CCC1=CCC(C)N=C1. The Hall–Kier alpha value is -0.590. The fraction of sp³-hybridized carbons (Fsp3) is 0.625. The Morgan fingerprint density at radius 2 is 2.56 bits per heavy atom. The fourth-order valence-corrected chi connectivity index (χ4v) is 0.894. The first-order valence-electron chi connectivity index (χ1n) is 3.55. The monoisotopic (exact) mass is 123 g/mol. The Morgan fingerprint density at radius 1 is 1.78 bits per heavy atom. The van der Waals surface area contributed by atoms with Gasteiger partial charge in [0, 0.05) is 6.21 Å². The molecule has 0 aliphatic carbocycles. The van der Waals surface area contributed by atoms with Crippen LogP contribution in [0.4, 0.5) is 0 Å². The minimum Gasteiger partial charge on any atom is -0.290 e. The molecular formula is C8H13N. The largest absolute Gasteiger partial charge is 0.290 e. The first-order chi connectivity index (χ1) is 4.33. The summed E-state index contributed by atoms with van der Waals surface area (Å²) in [5.74, 6) is 0. The van der Waals surface area contributed by atoms with Crippen LogP contribution in [0.15, 0.2) is 16.6 Å². The lowest BCUT2D eigenvalue weighted by Crippen LogP contribution is -2.02. The van der Waals surface area contributed by atoms with Crippen molar-refractivity contribution in [3.63, 3.8) is 0 Å². The Balaban J connectivity index is 2.52. The van der Waals surface area contributed by atoms with Crippen LogP contribution in [0.25, 0.3) is 0 Å². The van der Waals surface area contributed by atoms with Crippen LogP contribution >= 0.6 is 0 Å². The van der Waals surface area contributed by atoms with E-state index in [1.807, 2.05) is 6.21 Å². The van der Waals surface area contributed by atoms with Crippen molar-refractivity contribution in [1.82, 2.24) is 0 Å². The van der Waals surface area contributed by atoms with Gasteiger partial charge in [0.1, 0.15) is 0 Å². The van der Waals surface area contributed by atoms with Gasteiger partial charge in [0.05, 0.1) is 6.04 Å². The molecule has 1 atom stereocenters. The quantitative estimate of drug-likeness (QED) is 0.506. The highest BCUT2D eigenvalue weighted by atomic mass is 14.8.